The lowest BCUT2D eigenvalue weighted by atomic mass is 9.66. The lowest BCUT2D eigenvalue weighted by molar-refractivity contribution is 0.436. The van der Waals surface area contributed by atoms with Crippen molar-refractivity contribution in [1.29, 1.82) is 0 Å². The fourth-order valence-electron chi connectivity index (χ4n) is 17.4. The number of hydrogen-bond acceptors (Lipinski definition) is 3. The molecular weight excluding hydrogens is 1310 g/mol. The average Bonchev–Trinajstić information content (AvgIpc) is 1.50. The zero-order valence-electron chi connectivity index (χ0n) is 59.0. The van der Waals surface area contributed by atoms with Gasteiger partial charge in [0.25, 0.3) is 0 Å². The summed E-state index contributed by atoms with van der Waals surface area (Å²) in [5.74, 6) is 1.76. The Balaban J connectivity index is 0.588. The topological polar surface area (TPSA) is 25.6 Å². The zero-order chi connectivity index (χ0) is 71.2. The van der Waals surface area contributed by atoms with E-state index in [1.54, 1.807) is 0 Å². The lowest BCUT2D eigenvalue weighted by Crippen LogP contribution is -2.32. The number of nitrogens with zero attached hydrogens (tertiary/aromatic N) is 4. The predicted octanol–water partition coefficient (Wildman–Crippen LogP) is 27.6. The summed E-state index contributed by atoms with van der Waals surface area (Å²) in [6.45, 7) is 0. The number of para-hydroxylation sites is 5. The van der Waals surface area contributed by atoms with Gasteiger partial charge in [0.1, 0.15) is 11.5 Å². The third-order valence-corrected chi connectivity index (χ3v) is 22.4. The summed E-state index contributed by atoms with van der Waals surface area (Å²) >= 11 is 0. The molecule has 17 aromatic carbocycles. The Labute approximate surface area is 627 Å². The van der Waals surface area contributed by atoms with E-state index >= 15 is 0 Å². The summed E-state index contributed by atoms with van der Waals surface area (Å²) in [5.41, 5.74) is 31.6. The Morgan fingerprint density at radius 1 is 0.194 bits per heavy atom. The van der Waals surface area contributed by atoms with Crippen molar-refractivity contribution >= 4 is 77.7 Å². The van der Waals surface area contributed by atoms with Gasteiger partial charge in [0.05, 0.1) is 27.5 Å². The Morgan fingerprint density at radius 2 is 0.519 bits per heavy atom. The van der Waals surface area contributed by atoms with Crippen molar-refractivity contribution in [2.75, 3.05) is 9.80 Å². The van der Waals surface area contributed by atoms with Crippen LogP contribution in [0.3, 0.4) is 0 Å². The van der Waals surface area contributed by atoms with Gasteiger partial charge >= 0.3 is 0 Å². The van der Waals surface area contributed by atoms with Crippen molar-refractivity contribution in [3.8, 4) is 89.6 Å². The fourth-order valence-corrected chi connectivity index (χ4v) is 17.4. The van der Waals surface area contributed by atoms with E-state index in [-0.39, 0.29) is 0 Å². The normalized spacial score (nSPS) is 12.4. The molecule has 0 fully saturated rings. The molecular formula is C103H68N4O. The molecule has 0 N–H and O–H groups in total. The molecule has 21 rings (SSSR count). The lowest BCUT2D eigenvalue weighted by Gasteiger charge is -2.39. The molecule has 1 aliphatic carbocycles. The maximum atomic E-state index is 6.73. The van der Waals surface area contributed by atoms with Crippen LogP contribution >= 0.6 is 0 Å². The number of aromatic nitrogens is 2. The van der Waals surface area contributed by atoms with E-state index in [0.717, 1.165) is 107 Å². The average molecular weight is 1380 g/mol. The summed E-state index contributed by atoms with van der Waals surface area (Å²) in [7, 11) is 0. The van der Waals surface area contributed by atoms with Crippen molar-refractivity contribution in [2.45, 2.75) is 5.41 Å². The Hall–Kier alpha value is -14.3. The van der Waals surface area contributed by atoms with Gasteiger partial charge in [0.2, 0.25) is 0 Å². The molecule has 1 spiro atoms. The van der Waals surface area contributed by atoms with Gasteiger partial charge < -0.3 is 23.7 Å². The van der Waals surface area contributed by atoms with Crippen molar-refractivity contribution in [3.63, 3.8) is 0 Å². The quantitative estimate of drug-likeness (QED) is 0.115. The molecule has 0 radical (unpaired) electrons. The number of rotatable bonds is 13. The smallest absolute Gasteiger partial charge is 0.132 e. The van der Waals surface area contributed by atoms with Crippen LogP contribution in [-0.4, -0.2) is 9.13 Å². The molecule has 2 aliphatic rings. The first-order valence-electron chi connectivity index (χ1n) is 37.1. The van der Waals surface area contributed by atoms with Crippen LogP contribution in [0.4, 0.5) is 34.1 Å². The van der Waals surface area contributed by atoms with E-state index < -0.39 is 5.41 Å². The predicted molar refractivity (Wildman–Crippen MR) is 449 cm³/mol. The highest BCUT2D eigenvalue weighted by Crippen LogP contribution is 2.63. The summed E-state index contributed by atoms with van der Waals surface area (Å²) < 4.78 is 11.6. The third-order valence-electron chi connectivity index (χ3n) is 22.4. The molecule has 1 aliphatic heterocycles. The summed E-state index contributed by atoms with van der Waals surface area (Å²) in [6, 6.07) is 151. The first-order valence-corrected chi connectivity index (χ1v) is 37.1. The second kappa shape index (κ2) is 25.6. The molecule has 0 unspecified atom stereocenters. The summed E-state index contributed by atoms with van der Waals surface area (Å²) in [4.78, 5) is 4.78. The van der Waals surface area contributed by atoms with E-state index in [9.17, 15) is 0 Å². The minimum Gasteiger partial charge on any atom is -0.457 e. The molecule has 5 nitrogen and oxygen atoms in total. The van der Waals surface area contributed by atoms with Crippen LogP contribution in [0, 0.1) is 0 Å². The molecule has 0 saturated carbocycles. The van der Waals surface area contributed by atoms with Gasteiger partial charge in [-0.1, -0.05) is 279 Å². The maximum absolute atomic E-state index is 6.73. The number of ether oxygens (including phenoxy) is 1. The molecule has 3 heterocycles. The third kappa shape index (κ3) is 10.2. The molecule has 5 heteroatoms. The Kier molecular flexibility index (Phi) is 14.8. The minimum absolute atomic E-state index is 0.599. The van der Waals surface area contributed by atoms with Crippen molar-refractivity contribution in [1.82, 2.24) is 9.13 Å². The van der Waals surface area contributed by atoms with E-state index in [1.165, 1.54) is 82.6 Å². The molecule has 0 saturated heterocycles. The van der Waals surface area contributed by atoms with Gasteiger partial charge in [-0.25, -0.2) is 0 Å². The fraction of sp³-hybridized carbons (Fsp3) is 0.00971. The monoisotopic (exact) mass is 1380 g/mol. The van der Waals surface area contributed by atoms with Crippen LogP contribution in [0.2, 0.25) is 0 Å². The second-order valence-electron chi connectivity index (χ2n) is 28.3. The molecule has 2 aromatic heterocycles. The Bertz CT molecular complexity index is 6560. The molecule has 0 bridgehead atoms. The van der Waals surface area contributed by atoms with E-state index in [1.807, 2.05) is 0 Å². The zero-order valence-corrected chi connectivity index (χ0v) is 59.0. The number of benzene rings is 17. The standard InChI is InChI=1S/C103H68N4O/c1-3-20-69(21-4-1)72-42-50-79(51-43-72)104(83-58-60-84(61-59-83)106-97-33-14-10-29-91(97)92-65-63-86(68-100(92)106)107-98-34-15-8-27-89(98)90-28-9-16-35-99(90)107)80-56-48-76(49-57-80)78-25-19-24-77(66-78)75-40-38-71(39-41-75)74-46-54-82(55-47-74)105(81-52-44-73(45-53-81)70-22-5-2-6-23-70)85-62-64-88-87-26-7-11-30-93(87)103(96(88)67-85)94-31-12-17-36-101(94)108-102-37-18-13-32-95(102)103/h1-68H. The van der Waals surface area contributed by atoms with E-state index in [4.69, 9.17) is 4.74 Å². The molecule has 0 atom stereocenters. The number of hydrogen-bond donors (Lipinski definition) is 0. The minimum atomic E-state index is -0.599. The molecule has 0 amide bonds. The number of fused-ring (bicyclic) bond motifs is 15. The number of anilines is 6. The SMILES string of the molecule is c1ccc(-c2ccc(N(c3ccc(-c4cccc(-c5ccc(-c6ccc(N(c7ccc(-c8ccccc8)cc7)c7ccc8c(c7)C7(c9ccccc9Oc9ccccc97)c7ccccc7-8)cc6)cc5)c4)cc3)c3ccc(-n4c5ccccc5c5ccc(-n6c7ccccc7c7ccccc76)cc54)cc3)cc2)cc1. The summed E-state index contributed by atoms with van der Waals surface area (Å²) in [5, 5.41) is 4.94. The van der Waals surface area contributed by atoms with Crippen LogP contribution in [0.25, 0.3) is 122 Å². The van der Waals surface area contributed by atoms with Gasteiger partial charge in [0.15, 0.2) is 0 Å². The highest BCUT2D eigenvalue weighted by molar-refractivity contribution is 6.12. The van der Waals surface area contributed by atoms with Gasteiger partial charge in [-0.05, 0) is 211 Å². The van der Waals surface area contributed by atoms with Gasteiger partial charge in [-0.2, -0.15) is 0 Å². The van der Waals surface area contributed by atoms with Crippen molar-refractivity contribution in [2.24, 2.45) is 0 Å². The van der Waals surface area contributed by atoms with Crippen LogP contribution in [0.5, 0.6) is 11.5 Å². The molecule has 506 valence electrons. The maximum Gasteiger partial charge on any atom is 0.132 e. The van der Waals surface area contributed by atoms with Gasteiger partial charge in [-0.15, -0.1) is 0 Å². The van der Waals surface area contributed by atoms with Crippen LogP contribution in [-0.2, 0) is 5.41 Å². The first kappa shape index (κ1) is 62.3. The van der Waals surface area contributed by atoms with Crippen LogP contribution in [0.1, 0.15) is 22.3 Å². The highest BCUT2D eigenvalue weighted by Gasteiger charge is 2.51. The molecule has 108 heavy (non-hydrogen) atoms. The van der Waals surface area contributed by atoms with E-state index in [0.29, 0.717) is 0 Å². The van der Waals surface area contributed by atoms with E-state index in [2.05, 4.69) is 431 Å². The van der Waals surface area contributed by atoms with Gasteiger partial charge in [-0.3, -0.25) is 0 Å². The Morgan fingerprint density at radius 3 is 1.00 bits per heavy atom. The summed E-state index contributed by atoms with van der Waals surface area (Å²) in [6.07, 6.45) is 0. The van der Waals surface area contributed by atoms with Crippen molar-refractivity contribution in [3.05, 3.63) is 435 Å². The van der Waals surface area contributed by atoms with Crippen LogP contribution in [0.15, 0.2) is 413 Å². The first-order chi connectivity index (χ1) is 53.5. The largest absolute Gasteiger partial charge is 0.457 e. The van der Waals surface area contributed by atoms with Crippen LogP contribution < -0.4 is 14.5 Å². The highest BCUT2D eigenvalue weighted by atomic mass is 16.5. The second-order valence-corrected chi connectivity index (χ2v) is 28.3. The molecule has 19 aromatic rings. The van der Waals surface area contributed by atoms with Crippen molar-refractivity contribution < 1.29 is 4.74 Å². The van der Waals surface area contributed by atoms with Gasteiger partial charge in [0, 0.05) is 78.2 Å².